The predicted molar refractivity (Wildman–Crippen MR) is 63.7 cm³/mol. The van der Waals surface area contributed by atoms with Gasteiger partial charge in [0.05, 0.1) is 18.4 Å². The number of hydrogen-bond acceptors (Lipinski definition) is 4. The highest BCUT2D eigenvalue weighted by atomic mass is 16.5. The molecule has 0 saturated heterocycles. The molecule has 0 spiro atoms. The van der Waals surface area contributed by atoms with Crippen molar-refractivity contribution in [3.8, 4) is 0 Å². The van der Waals surface area contributed by atoms with Crippen LogP contribution in [0.15, 0.2) is 12.4 Å². The molecule has 17 heavy (non-hydrogen) atoms. The molecule has 0 aliphatic carbocycles. The van der Waals surface area contributed by atoms with E-state index in [4.69, 9.17) is 9.84 Å². The second kappa shape index (κ2) is 7.84. The van der Waals surface area contributed by atoms with Crippen molar-refractivity contribution in [2.45, 2.75) is 39.2 Å². The SMILES string of the molecule is CCOC(=O)c1cnn(CCCCCCO)c1. The van der Waals surface area contributed by atoms with Crippen LogP contribution < -0.4 is 0 Å². The van der Waals surface area contributed by atoms with E-state index in [-0.39, 0.29) is 12.6 Å². The Morgan fingerprint density at radius 1 is 1.41 bits per heavy atom. The minimum Gasteiger partial charge on any atom is -0.462 e. The van der Waals surface area contributed by atoms with E-state index in [0.717, 1.165) is 32.2 Å². The van der Waals surface area contributed by atoms with Gasteiger partial charge in [-0.2, -0.15) is 5.10 Å². The number of aliphatic hydroxyl groups excluding tert-OH is 1. The molecule has 0 radical (unpaired) electrons. The highest BCUT2D eigenvalue weighted by Gasteiger charge is 2.08. The number of rotatable bonds is 8. The number of aromatic nitrogens is 2. The van der Waals surface area contributed by atoms with E-state index in [9.17, 15) is 4.79 Å². The minimum absolute atomic E-state index is 0.259. The second-order valence-corrected chi connectivity index (χ2v) is 3.85. The third kappa shape index (κ3) is 4.99. The van der Waals surface area contributed by atoms with Crippen molar-refractivity contribution in [2.75, 3.05) is 13.2 Å². The van der Waals surface area contributed by atoms with Gasteiger partial charge < -0.3 is 9.84 Å². The monoisotopic (exact) mass is 240 g/mol. The first kappa shape index (κ1) is 13.7. The topological polar surface area (TPSA) is 64.3 Å². The Morgan fingerprint density at radius 2 is 2.18 bits per heavy atom. The Morgan fingerprint density at radius 3 is 2.88 bits per heavy atom. The van der Waals surface area contributed by atoms with Gasteiger partial charge >= 0.3 is 5.97 Å². The number of aliphatic hydroxyl groups is 1. The molecule has 0 aliphatic rings. The zero-order valence-corrected chi connectivity index (χ0v) is 10.3. The quantitative estimate of drug-likeness (QED) is 0.554. The number of aryl methyl sites for hydroxylation is 1. The molecule has 5 heteroatoms. The summed E-state index contributed by atoms with van der Waals surface area (Å²) in [4.78, 5) is 11.4. The summed E-state index contributed by atoms with van der Waals surface area (Å²) in [6, 6.07) is 0. The largest absolute Gasteiger partial charge is 0.462 e. The molecule has 1 heterocycles. The van der Waals surface area contributed by atoms with E-state index in [2.05, 4.69) is 5.10 Å². The van der Waals surface area contributed by atoms with Crippen LogP contribution in [0, 0.1) is 0 Å². The molecule has 0 unspecified atom stereocenters. The van der Waals surface area contributed by atoms with Crippen molar-refractivity contribution >= 4 is 5.97 Å². The second-order valence-electron chi connectivity index (χ2n) is 3.85. The van der Waals surface area contributed by atoms with Gasteiger partial charge in [0.25, 0.3) is 0 Å². The van der Waals surface area contributed by atoms with Gasteiger partial charge in [-0.3, -0.25) is 4.68 Å². The van der Waals surface area contributed by atoms with Crippen molar-refractivity contribution in [3.05, 3.63) is 18.0 Å². The summed E-state index contributed by atoms with van der Waals surface area (Å²) in [6.45, 7) is 3.22. The van der Waals surface area contributed by atoms with E-state index < -0.39 is 0 Å². The van der Waals surface area contributed by atoms with Crippen LogP contribution in [-0.2, 0) is 11.3 Å². The predicted octanol–water partition coefficient (Wildman–Crippen LogP) is 1.61. The molecule has 1 rings (SSSR count). The molecule has 0 aromatic carbocycles. The van der Waals surface area contributed by atoms with Crippen LogP contribution in [0.3, 0.4) is 0 Å². The van der Waals surface area contributed by atoms with Crippen molar-refractivity contribution < 1.29 is 14.6 Å². The molecule has 1 aromatic heterocycles. The van der Waals surface area contributed by atoms with Gasteiger partial charge in [0.1, 0.15) is 0 Å². The number of carbonyl (C=O) groups excluding carboxylic acids is 1. The smallest absolute Gasteiger partial charge is 0.341 e. The fourth-order valence-electron chi connectivity index (χ4n) is 1.54. The highest BCUT2D eigenvalue weighted by molar-refractivity contribution is 5.88. The fourth-order valence-corrected chi connectivity index (χ4v) is 1.54. The van der Waals surface area contributed by atoms with Crippen LogP contribution in [0.2, 0.25) is 0 Å². The third-order valence-electron chi connectivity index (χ3n) is 2.44. The summed E-state index contributed by atoms with van der Waals surface area (Å²) >= 11 is 0. The summed E-state index contributed by atoms with van der Waals surface area (Å²) in [5, 5.41) is 12.7. The maximum Gasteiger partial charge on any atom is 0.341 e. The van der Waals surface area contributed by atoms with Gasteiger partial charge in [-0.25, -0.2) is 4.79 Å². The standard InChI is InChI=1S/C12H20N2O3/c1-2-17-12(16)11-9-13-14(10-11)7-5-3-4-6-8-15/h9-10,15H,2-8H2,1H3. The lowest BCUT2D eigenvalue weighted by molar-refractivity contribution is 0.0526. The Hall–Kier alpha value is -1.36. The number of unbranched alkanes of at least 4 members (excludes halogenated alkanes) is 3. The van der Waals surface area contributed by atoms with Crippen molar-refractivity contribution in [3.63, 3.8) is 0 Å². The van der Waals surface area contributed by atoms with Gasteiger partial charge in [-0.1, -0.05) is 12.8 Å². The summed E-state index contributed by atoms with van der Waals surface area (Å²) in [5.74, 6) is -0.320. The minimum atomic E-state index is -0.320. The molecule has 0 bridgehead atoms. The molecular formula is C12H20N2O3. The Kier molecular flexibility index (Phi) is 6.32. The summed E-state index contributed by atoms with van der Waals surface area (Å²) in [6.07, 6.45) is 7.20. The Labute approximate surface area is 101 Å². The van der Waals surface area contributed by atoms with Crippen LogP contribution in [0.1, 0.15) is 43.0 Å². The van der Waals surface area contributed by atoms with Gasteiger partial charge in [-0.05, 0) is 19.8 Å². The molecule has 0 atom stereocenters. The van der Waals surface area contributed by atoms with Crippen LogP contribution in [0.5, 0.6) is 0 Å². The average molecular weight is 240 g/mol. The normalized spacial score (nSPS) is 10.5. The van der Waals surface area contributed by atoms with Crippen molar-refractivity contribution in [1.29, 1.82) is 0 Å². The van der Waals surface area contributed by atoms with Gasteiger partial charge in [0.15, 0.2) is 0 Å². The van der Waals surface area contributed by atoms with E-state index in [0.29, 0.717) is 12.2 Å². The van der Waals surface area contributed by atoms with Gasteiger partial charge in [0, 0.05) is 19.3 Å². The Bertz CT molecular complexity index is 336. The molecule has 96 valence electrons. The maximum atomic E-state index is 11.4. The van der Waals surface area contributed by atoms with E-state index >= 15 is 0 Å². The zero-order valence-electron chi connectivity index (χ0n) is 10.3. The summed E-state index contributed by atoms with van der Waals surface area (Å²) < 4.78 is 6.63. The summed E-state index contributed by atoms with van der Waals surface area (Å²) in [7, 11) is 0. The molecule has 0 fully saturated rings. The third-order valence-corrected chi connectivity index (χ3v) is 2.44. The number of carbonyl (C=O) groups is 1. The molecule has 0 amide bonds. The molecule has 1 N–H and O–H groups in total. The van der Waals surface area contributed by atoms with Crippen molar-refractivity contribution in [2.24, 2.45) is 0 Å². The van der Waals surface area contributed by atoms with Crippen molar-refractivity contribution in [1.82, 2.24) is 9.78 Å². The van der Waals surface area contributed by atoms with E-state index in [1.54, 1.807) is 17.8 Å². The lowest BCUT2D eigenvalue weighted by atomic mass is 10.2. The van der Waals surface area contributed by atoms with Crippen LogP contribution >= 0.6 is 0 Å². The zero-order chi connectivity index (χ0) is 12.5. The number of esters is 1. The first-order valence-electron chi connectivity index (χ1n) is 6.08. The average Bonchev–Trinajstić information content (AvgIpc) is 2.78. The first-order chi connectivity index (χ1) is 8.27. The van der Waals surface area contributed by atoms with E-state index in [1.807, 2.05) is 0 Å². The lowest BCUT2D eigenvalue weighted by Crippen LogP contribution is -2.03. The molecule has 0 aliphatic heterocycles. The number of nitrogens with zero attached hydrogens (tertiary/aromatic N) is 2. The van der Waals surface area contributed by atoms with Gasteiger partial charge in [0.2, 0.25) is 0 Å². The summed E-state index contributed by atoms with van der Waals surface area (Å²) in [5.41, 5.74) is 0.502. The molecule has 5 nitrogen and oxygen atoms in total. The highest BCUT2D eigenvalue weighted by Crippen LogP contribution is 2.04. The van der Waals surface area contributed by atoms with Crippen LogP contribution in [0.25, 0.3) is 0 Å². The van der Waals surface area contributed by atoms with Crippen LogP contribution in [0.4, 0.5) is 0 Å². The van der Waals surface area contributed by atoms with Gasteiger partial charge in [-0.15, -0.1) is 0 Å². The van der Waals surface area contributed by atoms with Crippen LogP contribution in [-0.4, -0.2) is 34.1 Å². The number of hydrogen-bond donors (Lipinski definition) is 1. The lowest BCUT2D eigenvalue weighted by Gasteiger charge is -2.01. The first-order valence-corrected chi connectivity index (χ1v) is 6.08. The Balaban J connectivity index is 2.28. The maximum absolute atomic E-state index is 11.4. The van der Waals surface area contributed by atoms with E-state index in [1.165, 1.54) is 6.20 Å². The molecule has 0 saturated carbocycles. The molecule has 1 aromatic rings. The fraction of sp³-hybridized carbons (Fsp3) is 0.667. The molecular weight excluding hydrogens is 220 g/mol. The number of ether oxygens (including phenoxy) is 1.